The van der Waals surface area contributed by atoms with E-state index in [-0.39, 0.29) is 43.6 Å². The molecular formula is C22H16BrCl5N2O5. The zero-order valence-corrected chi connectivity index (χ0v) is 23.4. The molecule has 1 aliphatic heterocycles. The van der Waals surface area contributed by atoms with Gasteiger partial charge in [-0.2, -0.15) is 0 Å². The Morgan fingerprint density at radius 3 is 2.00 bits per heavy atom. The molecule has 1 atom stereocenters. The molecule has 1 heterocycles. The van der Waals surface area contributed by atoms with Gasteiger partial charge in [0.25, 0.3) is 17.7 Å². The van der Waals surface area contributed by atoms with Gasteiger partial charge in [-0.15, -0.1) is 0 Å². The SMILES string of the molecule is CC(C)C[C@H](C(=O)OCC(=O)Nc1ccc(Br)c(Cl)c1)N1C(=O)c2c(Cl)c(Cl)c(Cl)c(Cl)c2C1=O. The summed E-state index contributed by atoms with van der Waals surface area (Å²) in [6.07, 6.45) is 0.0605. The first-order valence-corrected chi connectivity index (χ1v) is 12.7. The maximum atomic E-state index is 13.2. The number of hydrogen-bond acceptors (Lipinski definition) is 5. The Morgan fingerprint density at radius 2 is 1.51 bits per heavy atom. The topological polar surface area (TPSA) is 92.8 Å². The molecule has 0 saturated carbocycles. The van der Waals surface area contributed by atoms with E-state index in [0.717, 1.165) is 0 Å². The minimum absolute atomic E-state index is 0.0605. The quantitative estimate of drug-likeness (QED) is 0.153. The standard InChI is InChI=1S/C22H16BrCl5N2O5/c1-8(2)5-12(22(34)35-7-13(31)29-9-3-4-10(23)11(24)6-9)30-20(32)14-15(21(30)33)17(26)19(28)18(27)16(14)25/h3-4,6,8,12H,5,7H2,1-2H3,(H,29,31)/t12-/m1/s1. The average molecular weight is 646 g/mol. The van der Waals surface area contributed by atoms with Crippen molar-refractivity contribution in [1.29, 1.82) is 0 Å². The lowest BCUT2D eigenvalue weighted by Gasteiger charge is -2.26. The number of imide groups is 1. The number of carbonyl (C=O) groups excluding carboxylic acids is 4. The molecule has 35 heavy (non-hydrogen) atoms. The van der Waals surface area contributed by atoms with Gasteiger partial charge >= 0.3 is 5.97 Å². The lowest BCUT2D eigenvalue weighted by Crippen LogP contribution is -2.47. The van der Waals surface area contributed by atoms with Crippen LogP contribution in [0.2, 0.25) is 25.1 Å². The fourth-order valence-electron chi connectivity index (χ4n) is 3.41. The molecule has 0 aromatic heterocycles. The second kappa shape index (κ2) is 11.2. The molecule has 0 fully saturated rings. The number of halogens is 6. The summed E-state index contributed by atoms with van der Waals surface area (Å²) >= 11 is 33.7. The third-order valence-corrected chi connectivity index (χ3v) is 7.99. The molecule has 2 aromatic rings. The Hall–Kier alpha value is -1.55. The summed E-state index contributed by atoms with van der Waals surface area (Å²) in [6.45, 7) is 2.91. The molecule has 2 aromatic carbocycles. The molecule has 0 bridgehead atoms. The van der Waals surface area contributed by atoms with Gasteiger partial charge in [-0.3, -0.25) is 19.3 Å². The van der Waals surface area contributed by atoms with Gasteiger partial charge in [-0.1, -0.05) is 71.9 Å². The third kappa shape index (κ3) is 5.73. The summed E-state index contributed by atoms with van der Waals surface area (Å²) < 4.78 is 5.79. The van der Waals surface area contributed by atoms with Crippen molar-refractivity contribution in [2.75, 3.05) is 11.9 Å². The molecule has 0 spiro atoms. The first-order valence-electron chi connectivity index (χ1n) is 10.0. The first-order chi connectivity index (χ1) is 16.3. The van der Waals surface area contributed by atoms with Gasteiger partial charge in [0, 0.05) is 10.2 Å². The average Bonchev–Trinajstić information content (AvgIpc) is 3.05. The van der Waals surface area contributed by atoms with Crippen molar-refractivity contribution < 1.29 is 23.9 Å². The van der Waals surface area contributed by atoms with E-state index >= 15 is 0 Å². The van der Waals surface area contributed by atoms with Crippen LogP contribution in [-0.2, 0) is 14.3 Å². The van der Waals surface area contributed by atoms with E-state index in [1.54, 1.807) is 26.0 Å². The van der Waals surface area contributed by atoms with Crippen molar-refractivity contribution in [1.82, 2.24) is 4.90 Å². The van der Waals surface area contributed by atoms with Gasteiger partial charge in [0.2, 0.25) is 0 Å². The van der Waals surface area contributed by atoms with Crippen LogP contribution in [0, 0.1) is 5.92 Å². The molecule has 13 heteroatoms. The Labute approximate surface area is 234 Å². The van der Waals surface area contributed by atoms with Gasteiger partial charge in [0.15, 0.2) is 6.61 Å². The highest BCUT2D eigenvalue weighted by Crippen LogP contribution is 2.45. The van der Waals surface area contributed by atoms with Gasteiger partial charge in [0.1, 0.15) is 6.04 Å². The van der Waals surface area contributed by atoms with Crippen LogP contribution in [0.4, 0.5) is 5.69 Å². The van der Waals surface area contributed by atoms with Crippen molar-refractivity contribution in [3.05, 3.63) is 58.9 Å². The summed E-state index contributed by atoms with van der Waals surface area (Å²) in [4.78, 5) is 52.3. The van der Waals surface area contributed by atoms with E-state index in [2.05, 4.69) is 21.2 Å². The number of nitrogens with zero attached hydrogens (tertiary/aromatic N) is 1. The Morgan fingerprint density at radius 1 is 0.971 bits per heavy atom. The highest BCUT2D eigenvalue weighted by molar-refractivity contribution is 9.10. The predicted molar refractivity (Wildman–Crippen MR) is 139 cm³/mol. The zero-order valence-electron chi connectivity index (χ0n) is 18.1. The Balaban J connectivity index is 1.81. The van der Waals surface area contributed by atoms with E-state index in [1.165, 1.54) is 6.07 Å². The van der Waals surface area contributed by atoms with E-state index in [0.29, 0.717) is 20.1 Å². The molecule has 3 amide bonds. The summed E-state index contributed by atoms with van der Waals surface area (Å²) in [7, 11) is 0. The van der Waals surface area contributed by atoms with Crippen LogP contribution < -0.4 is 5.32 Å². The van der Waals surface area contributed by atoms with Gasteiger partial charge in [-0.05, 0) is 46.5 Å². The van der Waals surface area contributed by atoms with Crippen LogP contribution in [-0.4, -0.2) is 41.2 Å². The van der Waals surface area contributed by atoms with E-state index in [4.69, 9.17) is 62.7 Å². The molecule has 0 radical (unpaired) electrons. The molecule has 0 unspecified atom stereocenters. The third-order valence-electron chi connectivity index (χ3n) is 4.96. The number of fused-ring (bicyclic) bond motifs is 1. The number of benzene rings is 2. The number of amides is 3. The predicted octanol–water partition coefficient (Wildman–Crippen LogP) is 6.91. The largest absolute Gasteiger partial charge is 0.454 e. The highest BCUT2D eigenvalue weighted by atomic mass is 79.9. The number of rotatable bonds is 7. The van der Waals surface area contributed by atoms with Crippen molar-refractivity contribution in [3.63, 3.8) is 0 Å². The van der Waals surface area contributed by atoms with Crippen LogP contribution in [0.15, 0.2) is 22.7 Å². The van der Waals surface area contributed by atoms with Crippen LogP contribution in [0.3, 0.4) is 0 Å². The number of carbonyl (C=O) groups is 4. The van der Waals surface area contributed by atoms with E-state index < -0.39 is 36.3 Å². The van der Waals surface area contributed by atoms with Crippen molar-refractivity contribution in [3.8, 4) is 0 Å². The van der Waals surface area contributed by atoms with Crippen molar-refractivity contribution in [2.24, 2.45) is 5.92 Å². The monoisotopic (exact) mass is 642 g/mol. The molecule has 0 saturated heterocycles. The number of anilines is 1. The molecule has 1 aliphatic rings. The number of hydrogen-bond donors (Lipinski definition) is 1. The lowest BCUT2D eigenvalue weighted by molar-refractivity contribution is -0.151. The highest BCUT2D eigenvalue weighted by Gasteiger charge is 2.47. The number of esters is 1. The number of nitrogens with one attached hydrogen (secondary N) is 1. The minimum Gasteiger partial charge on any atom is -0.454 e. The first kappa shape index (κ1) is 28.0. The summed E-state index contributed by atoms with van der Waals surface area (Å²) in [5.74, 6) is -3.47. The molecule has 0 aliphatic carbocycles. The second-order valence-electron chi connectivity index (χ2n) is 7.92. The van der Waals surface area contributed by atoms with Crippen LogP contribution in [0.5, 0.6) is 0 Å². The van der Waals surface area contributed by atoms with Crippen LogP contribution >= 0.6 is 73.9 Å². The Kier molecular flexibility index (Phi) is 9.00. The van der Waals surface area contributed by atoms with Gasteiger partial charge in [0.05, 0.1) is 36.2 Å². The second-order valence-corrected chi connectivity index (χ2v) is 10.7. The van der Waals surface area contributed by atoms with Crippen LogP contribution in [0.1, 0.15) is 41.0 Å². The smallest absolute Gasteiger partial charge is 0.329 e. The summed E-state index contributed by atoms with van der Waals surface area (Å²) in [6, 6.07) is 3.40. The maximum Gasteiger partial charge on any atom is 0.329 e. The van der Waals surface area contributed by atoms with Crippen molar-refractivity contribution in [2.45, 2.75) is 26.3 Å². The minimum atomic E-state index is -1.35. The fourth-order valence-corrected chi connectivity index (χ4v) is 4.85. The molecule has 7 nitrogen and oxygen atoms in total. The maximum absolute atomic E-state index is 13.2. The Bertz CT molecular complexity index is 1210. The van der Waals surface area contributed by atoms with Gasteiger partial charge in [-0.25, -0.2) is 4.79 Å². The van der Waals surface area contributed by atoms with Crippen LogP contribution in [0.25, 0.3) is 0 Å². The fraction of sp³-hybridized carbons (Fsp3) is 0.273. The number of ether oxygens (including phenoxy) is 1. The molecule has 186 valence electrons. The normalized spacial score (nSPS) is 13.8. The molecule has 1 N–H and O–H groups in total. The van der Waals surface area contributed by atoms with Crippen molar-refractivity contribution >= 4 is 103 Å². The molecule has 3 rings (SSSR count). The van der Waals surface area contributed by atoms with Gasteiger partial charge < -0.3 is 10.1 Å². The van der Waals surface area contributed by atoms with E-state index in [9.17, 15) is 19.2 Å². The lowest BCUT2D eigenvalue weighted by atomic mass is 10.0. The zero-order chi connectivity index (χ0) is 26.2. The summed E-state index contributed by atoms with van der Waals surface area (Å²) in [5, 5.41) is 2.04. The van der Waals surface area contributed by atoms with E-state index in [1.807, 2.05) is 0 Å². The summed E-state index contributed by atoms with van der Waals surface area (Å²) in [5.41, 5.74) is -0.110. The molecular weight excluding hydrogens is 629 g/mol.